The fraction of sp³-hybridized carbons (Fsp3) is 0.421. The number of hydrogen-bond donors (Lipinski definition) is 1. The lowest BCUT2D eigenvalue weighted by molar-refractivity contribution is -0.136. The summed E-state index contributed by atoms with van der Waals surface area (Å²) < 4.78 is 14.7. The van der Waals surface area contributed by atoms with E-state index in [0.717, 1.165) is 17.3 Å². The zero-order valence-corrected chi connectivity index (χ0v) is 14.7. The van der Waals surface area contributed by atoms with Gasteiger partial charge in [0.25, 0.3) is 11.8 Å². The number of piperidine rings is 2. The Kier molecular flexibility index (Phi) is 3.47. The maximum absolute atomic E-state index is 14.7. The van der Waals surface area contributed by atoms with Gasteiger partial charge in [0.05, 0.1) is 16.8 Å². The topological polar surface area (TPSA) is 104 Å². The quantitative estimate of drug-likeness (QED) is 0.585. The van der Waals surface area contributed by atoms with E-state index in [4.69, 9.17) is 0 Å². The predicted molar refractivity (Wildman–Crippen MR) is 91.8 cm³/mol. The number of nitrogens with one attached hydrogen (secondary N) is 1. The number of amides is 4. The molecule has 0 aromatic heterocycles. The molecular formula is C19H16FN3O5. The van der Waals surface area contributed by atoms with Crippen molar-refractivity contribution >= 4 is 35.6 Å². The van der Waals surface area contributed by atoms with Gasteiger partial charge in [-0.05, 0) is 30.4 Å². The second-order valence-electron chi connectivity index (χ2n) is 7.74. The SMILES string of the molecule is O=CC1C2CN(c3cc4c(cc3F)C(=O)N(C3CCC(=O)NC3=O)C4=O)C[C@H]12. The number of anilines is 1. The van der Waals surface area contributed by atoms with Crippen LogP contribution in [0.2, 0.25) is 0 Å². The molecule has 2 saturated heterocycles. The van der Waals surface area contributed by atoms with Crippen LogP contribution in [0.5, 0.6) is 0 Å². The summed E-state index contributed by atoms with van der Waals surface area (Å²) >= 11 is 0. The van der Waals surface area contributed by atoms with Gasteiger partial charge in [-0.1, -0.05) is 0 Å². The van der Waals surface area contributed by atoms with Gasteiger partial charge >= 0.3 is 0 Å². The molecule has 1 aliphatic carbocycles. The van der Waals surface area contributed by atoms with Crippen molar-refractivity contribution in [2.75, 3.05) is 18.0 Å². The van der Waals surface area contributed by atoms with Crippen molar-refractivity contribution in [3.63, 3.8) is 0 Å². The summed E-state index contributed by atoms with van der Waals surface area (Å²) in [4.78, 5) is 62.5. The first-order valence-corrected chi connectivity index (χ1v) is 9.16. The summed E-state index contributed by atoms with van der Waals surface area (Å²) in [5.74, 6) is -2.71. The van der Waals surface area contributed by atoms with Gasteiger partial charge in [0, 0.05) is 25.4 Å². The Morgan fingerprint density at radius 2 is 1.68 bits per heavy atom. The maximum atomic E-state index is 14.7. The molecule has 9 heteroatoms. The minimum Gasteiger partial charge on any atom is -0.369 e. The molecule has 1 N–H and O–H groups in total. The van der Waals surface area contributed by atoms with Crippen molar-refractivity contribution in [3.8, 4) is 0 Å². The molecule has 1 aromatic rings. The molecule has 3 aliphatic heterocycles. The summed E-state index contributed by atoms with van der Waals surface area (Å²) in [6, 6.07) is 1.32. The van der Waals surface area contributed by atoms with Gasteiger partial charge in [0.15, 0.2) is 0 Å². The highest BCUT2D eigenvalue weighted by Gasteiger charge is 2.56. The Bertz CT molecular complexity index is 965. The van der Waals surface area contributed by atoms with E-state index in [0.29, 0.717) is 13.1 Å². The second kappa shape index (κ2) is 5.70. The van der Waals surface area contributed by atoms with Gasteiger partial charge in [0.1, 0.15) is 18.1 Å². The van der Waals surface area contributed by atoms with Crippen LogP contribution >= 0.6 is 0 Å². The number of halogens is 1. The van der Waals surface area contributed by atoms with Crippen molar-refractivity contribution in [2.24, 2.45) is 17.8 Å². The van der Waals surface area contributed by atoms with E-state index < -0.39 is 35.5 Å². The third kappa shape index (κ3) is 2.25. The fourth-order valence-corrected chi connectivity index (χ4v) is 4.69. The largest absolute Gasteiger partial charge is 0.369 e. The first-order chi connectivity index (χ1) is 13.4. The summed E-state index contributed by atoms with van der Waals surface area (Å²) in [6.45, 7) is 1.06. The van der Waals surface area contributed by atoms with E-state index in [-0.39, 0.29) is 47.4 Å². The van der Waals surface area contributed by atoms with Crippen LogP contribution in [0.15, 0.2) is 12.1 Å². The maximum Gasteiger partial charge on any atom is 0.262 e. The van der Waals surface area contributed by atoms with Crippen LogP contribution in [0.25, 0.3) is 0 Å². The number of hydrogen-bond acceptors (Lipinski definition) is 6. The number of aldehydes is 1. The molecule has 8 nitrogen and oxygen atoms in total. The minimum absolute atomic E-state index is 0.0257. The standard InChI is InChI=1S/C19H16FN3O5/c20-13-3-8-9(4-15(13)22-5-10-11(6-22)12(10)7-24)19(28)23(18(8)27)14-1-2-16(25)21-17(14)26/h3-4,7,10-12,14H,1-2,5-6H2,(H,21,25,26)/t10-,11?,12?,14?/m0/s1. The number of carbonyl (C=O) groups excluding carboxylic acids is 5. The molecule has 28 heavy (non-hydrogen) atoms. The van der Waals surface area contributed by atoms with Gasteiger partial charge in [0.2, 0.25) is 11.8 Å². The lowest BCUT2D eigenvalue weighted by Crippen LogP contribution is -2.54. The molecule has 5 rings (SSSR count). The summed E-state index contributed by atoms with van der Waals surface area (Å²) in [6.07, 6.45) is 1.01. The van der Waals surface area contributed by atoms with Crippen LogP contribution in [0, 0.1) is 23.6 Å². The Morgan fingerprint density at radius 1 is 1.04 bits per heavy atom. The van der Waals surface area contributed by atoms with Crippen LogP contribution in [0.4, 0.5) is 10.1 Å². The van der Waals surface area contributed by atoms with Gasteiger partial charge < -0.3 is 9.69 Å². The molecule has 0 radical (unpaired) electrons. The molecule has 4 aliphatic rings. The molecule has 3 unspecified atom stereocenters. The highest BCUT2D eigenvalue weighted by molar-refractivity contribution is 6.23. The zero-order chi connectivity index (χ0) is 19.7. The van der Waals surface area contributed by atoms with Crippen LogP contribution < -0.4 is 10.2 Å². The van der Waals surface area contributed by atoms with Crippen molar-refractivity contribution in [3.05, 3.63) is 29.1 Å². The average Bonchev–Trinajstić information content (AvgIpc) is 3.02. The second-order valence-corrected chi connectivity index (χ2v) is 7.74. The number of nitrogens with zero attached hydrogens (tertiary/aromatic N) is 2. The van der Waals surface area contributed by atoms with E-state index in [1.807, 2.05) is 0 Å². The molecule has 0 bridgehead atoms. The number of fused-ring (bicyclic) bond motifs is 2. The molecule has 1 saturated carbocycles. The van der Waals surface area contributed by atoms with Gasteiger partial charge in [-0.25, -0.2) is 4.39 Å². The molecule has 3 heterocycles. The summed E-state index contributed by atoms with van der Waals surface area (Å²) in [5, 5.41) is 2.13. The van der Waals surface area contributed by atoms with E-state index in [2.05, 4.69) is 5.32 Å². The smallest absolute Gasteiger partial charge is 0.262 e. The Labute approximate surface area is 158 Å². The van der Waals surface area contributed by atoms with Crippen molar-refractivity contribution in [1.29, 1.82) is 0 Å². The molecule has 1 aromatic carbocycles. The van der Waals surface area contributed by atoms with Gasteiger partial charge in [-0.2, -0.15) is 0 Å². The Hall–Kier alpha value is -3.10. The zero-order valence-electron chi connectivity index (χ0n) is 14.7. The molecule has 144 valence electrons. The minimum atomic E-state index is -1.08. The third-order valence-electron chi connectivity index (χ3n) is 6.27. The van der Waals surface area contributed by atoms with Crippen LogP contribution in [-0.2, 0) is 14.4 Å². The first-order valence-electron chi connectivity index (χ1n) is 9.16. The molecular weight excluding hydrogens is 369 g/mol. The average molecular weight is 385 g/mol. The Morgan fingerprint density at radius 3 is 2.29 bits per heavy atom. The van der Waals surface area contributed by atoms with Crippen molar-refractivity contribution < 1.29 is 28.4 Å². The third-order valence-corrected chi connectivity index (χ3v) is 6.27. The van der Waals surface area contributed by atoms with Crippen molar-refractivity contribution in [2.45, 2.75) is 18.9 Å². The van der Waals surface area contributed by atoms with Crippen LogP contribution in [0.1, 0.15) is 33.6 Å². The number of rotatable bonds is 3. The molecule has 4 amide bonds. The lowest BCUT2D eigenvalue weighted by Gasteiger charge is -2.27. The van der Waals surface area contributed by atoms with Gasteiger partial charge in [-0.3, -0.25) is 29.4 Å². The normalized spacial score (nSPS) is 31.0. The van der Waals surface area contributed by atoms with E-state index in [1.54, 1.807) is 4.90 Å². The summed E-state index contributed by atoms with van der Waals surface area (Å²) in [7, 11) is 0. The van der Waals surface area contributed by atoms with E-state index >= 15 is 0 Å². The first kappa shape index (κ1) is 17.0. The summed E-state index contributed by atoms with van der Waals surface area (Å²) in [5.41, 5.74) is 0.201. The lowest BCUT2D eigenvalue weighted by atomic mass is 10.0. The van der Waals surface area contributed by atoms with Crippen molar-refractivity contribution in [1.82, 2.24) is 10.2 Å². The molecule has 4 atom stereocenters. The molecule has 3 fully saturated rings. The highest BCUT2D eigenvalue weighted by atomic mass is 19.1. The monoisotopic (exact) mass is 385 g/mol. The number of carbonyl (C=O) groups is 5. The predicted octanol–water partition coefficient (Wildman–Crippen LogP) is 0.108. The van der Waals surface area contributed by atoms with E-state index in [1.165, 1.54) is 6.07 Å². The fourth-order valence-electron chi connectivity index (χ4n) is 4.69. The number of benzene rings is 1. The Balaban J connectivity index is 1.44. The highest BCUT2D eigenvalue weighted by Crippen LogP contribution is 2.51. The number of imide groups is 2. The van der Waals surface area contributed by atoms with E-state index in [9.17, 15) is 28.4 Å². The van der Waals surface area contributed by atoms with Crippen LogP contribution in [0.3, 0.4) is 0 Å². The van der Waals surface area contributed by atoms with Gasteiger partial charge in [-0.15, -0.1) is 0 Å². The van der Waals surface area contributed by atoms with Crippen LogP contribution in [-0.4, -0.2) is 53.9 Å². The molecule has 0 spiro atoms.